The van der Waals surface area contributed by atoms with Gasteiger partial charge in [0.15, 0.2) is 0 Å². The minimum absolute atomic E-state index is 0.231. The molecule has 1 atom stereocenters. The summed E-state index contributed by atoms with van der Waals surface area (Å²) in [6, 6.07) is 5.84. The van der Waals surface area contributed by atoms with E-state index in [0.29, 0.717) is 22.4 Å². The fourth-order valence-corrected chi connectivity index (χ4v) is 2.39. The van der Waals surface area contributed by atoms with E-state index in [-0.39, 0.29) is 6.61 Å². The zero-order valence-corrected chi connectivity index (χ0v) is 13.3. The monoisotopic (exact) mass is 330 g/mol. The summed E-state index contributed by atoms with van der Waals surface area (Å²) in [6.07, 6.45) is 2.50. The Hall–Kier alpha value is -3.09. The number of esters is 1. The van der Waals surface area contributed by atoms with Crippen LogP contribution in [0.4, 0.5) is 4.79 Å². The third-order valence-electron chi connectivity index (χ3n) is 3.45. The fraction of sp³-hybridized carbons (Fsp3) is 0.235. The van der Waals surface area contributed by atoms with Gasteiger partial charge in [-0.1, -0.05) is 24.3 Å². The Balaban J connectivity index is 2.33. The standard InChI is InChI=1S/C17H18N2O5/c1-3-24-16(22)14-10(2)18-17(23)19-15(14)12-7-4-11(5-8-12)6-9-13(20)21/h4-9,15H,3H2,1-2H3,(H,20,21)(H2,18,19,23)/b9-6+. The van der Waals surface area contributed by atoms with Gasteiger partial charge < -0.3 is 20.5 Å². The largest absolute Gasteiger partial charge is 0.478 e. The molecular formula is C17H18N2O5. The third-order valence-corrected chi connectivity index (χ3v) is 3.45. The quantitative estimate of drug-likeness (QED) is 0.565. The molecule has 126 valence electrons. The van der Waals surface area contributed by atoms with Crippen molar-refractivity contribution in [2.75, 3.05) is 6.61 Å². The minimum atomic E-state index is -1.03. The van der Waals surface area contributed by atoms with Gasteiger partial charge in [0.05, 0.1) is 18.2 Å². The lowest BCUT2D eigenvalue weighted by atomic mass is 9.95. The molecule has 1 heterocycles. The number of carbonyl (C=O) groups excluding carboxylic acids is 2. The van der Waals surface area contributed by atoms with Crippen LogP contribution in [0.3, 0.4) is 0 Å². The molecule has 2 amide bonds. The van der Waals surface area contributed by atoms with Crippen molar-refractivity contribution in [1.29, 1.82) is 0 Å². The van der Waals surface area contributed by atoms with Gasteiger partial charge in [0.25, 0.3) is 0 Å². The summed E-state index contributed by atoms with van der Waals surface area (Å²) in [5, 5.41) is 13.9. The Bertz CT molecular complexity index is 719. The summed E-state index contributed by atoms with van der Waals surface area (Å²) >= 11 is 0. The first kappa shape index (κ1) is 17.3. The maximum atomic E-state index is 12.2. The van der Waals surface area contributed by atoms with Crippen LogP contribution in [0.15, 0.2) is 41.6 Å². The van der Waals surface area contributed by atoms with Crippen LogP contribution >= 0.6 is 0 Å². The summed E-state index contributed by atoms with van der Waals surface area (Å²) in [6.45, 7) is 3.58. The maximum absolute atomic E-state index is 12.2. The number of ether oxygens (including phenoxy) is 1. The zero-order valence-electron chi connectivity index (χ0n) is 13.3. The van der Waals surface area contributed by atoms with Crippen LogP contribution in [-0.4, -0.2) is 29.7 Å². The van der Waals surface area contributed by atoms with Crippen molar-refractivity contribution in [2.45, 2.75) is 19.9 Å². The van der Waals surface area contributed by atoms with Crippen molar-refractivity contribution in [3.63, 3.8) is 0 Å². The Labute approximate surface area is 139 Å². The molecule has 1 aliphatic heterocycles. The van der Waals surface area contributed by atoms with Crippen molar-refractivity contribution < 1.29 is 24.2 Å². The lowest BCUT2D eigenvalue weighted by Gasteiger charge is -2.28. The predicted octanol–water partition coefficient (Wildman–Crippen LogP) is 1.98. The lowest BCUT2D eigenvalue weighted by Crippen LogP contribution is -2.45. The average molecular weight is 330 g/mol. The SMILES string of the molecule is CCOC(=O)C1=C(C)NC(=O)NC1c1ccc(/C=C/C(=O)O)cc1. The van der Waals surface area contributed by atoms with Crippen molar-refractivity contribution in [1.82, 2.24) is 10.6 Å². The molecule has 7 nitrogen and oxygen atoms in total. The molecule has 1 aromatic rings. The minimum Gasteiger partial charge on any atom is -0.478 e. The van der Waals surface area contributed by atoms with E-state index in [1.807, 2.05) is 0 Å². The molecule has 0 bridgehead atoms. The van der Waals surface area contributed by atoms with Gasteiger partial charge in [-0.05, 0) is 31.1 Å². The van der Waals surface area contributed by atoms with Crippen molar-refractivity contribution in [3.8, 4) is 0 Å². The summed E-state index contributed by atoms with van der Waals surface area (Å²) in [7, 11) is 0. The first-order chi connectivity index (χ1) is 11.4. The average Bonchev–Trinajstić information content (AvgIpc) is 2.52. The molecule has 0 fully saturated rings. The van der Waals surface area contributed by atoms with E-state index < -0.39 is 24.0 Å². The lowest BCUT2D eigenvalue weighted by molar-refractivity contribution is -0.139. The van der Waals surface area contributed by atoms with Crippen LogP contribution in [0.5, 0.6) is 0 Å². The van der Waals surface area contributed by atoms with Gasteiger partial charge in [-0.3, -0.25) is 0 Å². The van der Waals surface area contributed by atoms with E-state index in [2.05, 4.69) is 10.6 Å². The van der Waals surface area contributed by atoms with E-state index in [4.69, 9.17) is 9.84 Å². The van der Waals surface area contributed by atoms with Crippen LogP contribution in [0, 0.1) is 0 Å². The van der Waals surface area contributed by atoms with Crippen molar-refractivity contribution in [3.05, 3.63) is 52.7 Å². The molecule has 0 spiro atoms. The number of aliphatic carboxylic acids is 1. The Morgan fingerprint density at radius 3 is 2.54 bits per heavy atom. The Kier molecular flexibility index (Phi) is 5.36. The molecule has 1 aromatic carbocycles. The van der Waals surface area contributed by atoms with Gasteiger partial charge in [0.2, 0.25) is 0 Å². The van der Waals surface area contributed by atoms with E-state index in [1.54, 1.807) is 38.1 Å². The molecule has 0 saturated carbocycles. The number of hydrogen-bond acceptors (Lipinski definition) is 4. The molecule has 2 rings (SSSR count). The summed E-state index contributed by atoms with van der Waals surface area (Å²) in [5.41, 5.74) is 2.17. The fourth-order valence-electron chi connectivity index (χ4n) is 2.39. The van der Waals surface area contributed by atoms with E-state index in [0.717, 1.165) is 6.08 Å². The highest BCUT2D eigenvalue weighted by atomic mass is 16.5. The van der Waals surface area contributed by atoms with Crippen LogP contribution < -0.4 is 10.6 Å². The first-order valence-electron chi connectivity index (χ1n) is 7.38. The highest BCUT2D eigenvalue weighted by molar-refractivity contribution is 5.95. The van der Waals surface area contributed by atoms with Crippen LogP contribution in [0.25, 0.3) is 6.08 Å². The van der Waals surface area contributed by atoms with E-state index in [1.165, 1.54) is 6.08 Å². The van der Waals surface area contributed by atoms with Crippen molar-refractivity contribution in [2.24, 2.45) is 0 Å². The number of urea groups is 1. The number of nitrogens with one attached hydrogen (secondary N) is 2. The molecule has 1 unspecified atom stereocenters. The predicted molar refractivity (Wildman–Crippen MR) is 86.9 cm³/mol. The van der Waals surface area contributed by atoms with Gasteiger partial charge in [-0.25, -0.2) is 14.4 Å². The van der Waals surface area contributed by atoms with Gasteiger partial charge in [0.1, 0.15) is 0 Å². The molecular weight excluding hydrogens is 312 g/mol. The van der Waals surface area contributed by atoms with Crippen LogP contribution in [-0.2, 0) is 14.3 Å². The van der Waals surface area contributed by atoms with E-state index in [9.17, 15) is 14.4 Å². The number of carboxylic acid groups (broad SMARTS) is 1. The van der Waals surface area contributed by atoms with Crippen LogP contribution in [0.1, 0.15) is 31.0 Å². The summed E-state index contributed by atoms with van der Waals surface area (Å²) in [4.78, 5) is 34.5. The molecule has 7 heteroatoms. The second-order valence-corrected chi connectivity index (χ2v) is 5.13. The van der Waals surface area contributed by atoms with Gasteiger partial charge >= 0.3 is 18.0 Å². The second-order valence-electron chi connectivity index (χ2n) is 5.13. The highest BCUT2D eigenvalue weighted by Gasteiger charge is 2.31. The second kappa shape index (κ2) is 7.45. The summed E-state index contributed by atoms with van der Waals surface area (Å²) in [5.74, 6) is -1.53. The molecule has 0 aromatic heterocycles. The molecule has 0 saturated heterocycles. The topological polar surface area (TPSA) is 105 Å². The smallest absolute Gasteiger partial charge is 0.338 e. The Morgan fingerprint density at radius 2 is 1.96 bits per heavy atom. The third kappa shape index (κ3) is 4.01. The maximum Gasteiger partial charge on any atom is 0.338 e. The number of carboxylic acids is 1. The normalized spacial score (nSPS) is 17.4. The number of carbonyl (C=O) groups is 3. The van der Waals surface area contributed by atoms with Gasteiger partial charge in [0, 0.05) is 11.8 Å². The molecule has 1 aliphatic rings. The molecule has 0 radical (unpaired) electrons. The first-order valence-corrected chi connectivity index (χ1v) is 7.38. The molecule has 0 aliphatic carbocycles. The molecule has 3 N–H and O–H groups in total. The van der Waals surface area contributed by atoms with Crippen LogP contribution in [0.2, 0.25) is 0 Å². The number of amides is 2. The molecule has 24 heavy (non-hydrogen) atoms. The Morgan fingerprint density at radius 1 is 1.29 bits per heavy atom. The van der Waals surface area contributed by atoms with E-state index >= 15 is 0 Å². The number of hydrogen-bond donors (Lipinski definition) is 3. The van der Waals surface area contributed by atoms with Gasteiger partial charge in [-0.15, -0.1) is 0 Å². The highest BCUT2D eigenvalue weighted by Crippen LogP contribution is 2.27. The van der Waals surface area contributed by atoms with Gasteiger partial charge in [-0.2, -0.15) is 0 Å². The number of benzene rings is 1. The number of allylic oxidation sites excluding steroid dienone is 1. The zero-order chi connectivity index (χ0) is 17.7. The number of rotatable bonds is 5. The van der Waals surface area contributed by atoms with Crippen molar-refractivity contribution >= 4 is 24.0 Å². The summed E-state index contributed by atoms with van der Waals surface area (Å²) < 4.78 is 5.06.